The van der Waals surface area contributed by atoms with E-state index in [1.807, 2.05) is 0 Å². The molecule has 0 atom stereocenters. The normalized spacial score (nSPS) is 14.8. The molecular weight excluding hydrogens is 226 g/mol. The van der Waals surface area contributed by atoms with E-state index in [0.29, 0.717) is 5.92 Å². The maximum absolute atomic E-state index is 5.08. The van der Waals surface area contributed by atoms with Gasteiger partial charge in [0, 0.05) is 44.4 Å². The molecule has 0 saturated heterocycles. The lowest BCUT2D eigenvalue weighted by Gasteiger charge is -2.09. The van der Waals surface area contributed by atoms with Gasteiger partial charge in [0.25, 0.3) is 0 Å². The Hall–Kier alpha value is -1.16. The molecule has 0 unspecified atom stereocenters. The van der Waals surface area contributed by atoms with Gasteiger partial charge in [-0.05, 0) is 25.7 Å². The van der Waals surface area contributed by atoms with E-state index >= 15 is 0 Å². The van der Waals surface area contributed by atoms with E-state index in [2.05, 4.69) is 28.3 Å². The number of rotatable bonds is 8. The molecule has 0 bridgehead atoms. The average molecular weight is 249 g/mol. The van der Waals surface area contributed by atoms with Crippen LogP contribution in [0.2, 0.25) is 0 Å². The lowest BCUT2D eigenvalue weighted by molar-refractivity contribution is 0.194. The van der Waals surface area contributed by atoms with Crippen molar-refractivity contribution in [2.45, 2.75) is 44.9 Å². The topological polar surface area (TPSA) is 47.0 Å². The monoisotopic (exact) mass is 249 g/mol. The van der Waals surface area contributed by atoms with E-state index in [-0.39, 0.29) is 0 Å². The minimum absolute atomic E-state index is 0.677. The molecule has 1 aliphatic carbocycles. The van der Waals surface area contributed by atoms with E-state index in [1.165, 1.54) is 18.5 Å². The first-order chi connectivity index (χ1) is 8.83. The number of methoxy groups -OCH3 is 1. The zero-order valence-electron chi connectivity index (χ0n) is 11.4. The number of hydrogen-bond acceptors (Lipinski definition) is 4. The Balaban J connectivity index is 2.03. The number of anilines is 1. The summed E-state index contributed by atoms with van der Waals surface area (Å²) in [6, 6.07) is 2.12. The highest BCUT2D eigenvalue weighted by molar-refractivity contribution is 5.38. The summed E-state index contributed by atoms with van der Waals surface area (Å²) >= 11 is 0. The highest BCUT2D eigenvalue weighted by atomic mass is 16.5. The van der Waals surface area contributed by atoms with Crippen molar-refractivity contribution in [2.75, 3.05) is 25.6 Å². The third-order valence-corrected chi connectivity index (χ3v) is 3.09. The summed E-state index contributed by atoms with van der Waals surface area (Å²) in [5.41, 5.74) is 1.22. The molecule has 1 heterocycles. The molecule has 100 valence electrons. The molecule has 1 aromatic heterocycles. The first-order valence-electron chi connectivity index (χ1n) is 6.94. The summed E-state index contributed by atoms with van der Waals surface area (Å²) in [5, 5.41) is 3.37. The van der Waals surface area contributed by atoms with Crippen LogP contribution < -0.4 is 5.32 Å². The molecule has 0 spiro atoms. The predicted octanol–water partition coefficient (Wildman–Crippen LogP) is 2.75. The highest BCUT2D eigenvalue weighted by Gasteiger charge is 2.26. The second kappa shape index (κ2) is 6.69. The van der Waals surface area contributed by atoms with Gasteiger partial charge in [-0.25, -0.2) is 9.97 Å². The zero-order chi connectivity index (χ0) is 12.8. The predicted molar refractivity (Wildman–Crippen MR) is 73.0 cm³/mol. The smallest absolute Gasteiger partial charge is 0.131 e. The van der Waals surface area contributed by atoms with Crippen molar-refractivity contribution in [3.8, 4) is 0 Å². The molecule has 2 rings (SSSR count). The van der Waals surface area contributed by atoms with Crippen LogP contribution in [0.1, 0.15) is 50.0 Å². The van der Waals surface area contributed by atoms with Crippen LogP contribution in [0.3, 0.4) is 0 Å². The molecule has 1 aromatic rings. The summed E-state index contributed by atoms with van der Waals surface area (Å²) in [6.45, 7) is 3.91. The van der Waals surface area contributed by atoms with Crippen LogP contribution in [0.15, 0.2) is 6.07 Å². The molecule has 0 amide bonds. The summed E-state index contributed by atoms with van der Waals surface area (Å²) < 4.78 is 5.08. The fourth-order valence-corrected chi connectivity index (χ4v) is 1.94. The van der Waals surface area contributed by atoms with Crippen molar-refractivity contribution in [2.24, 2.45) is 0 Å². The van der Waals surface area contributed by atoms with Gasteiger partial charge in [-0.1, -0.05) is 6.92 Å². The quantitative estimate of drug-likeness (QED) is 0.720. The maximum Gasteiger partial charge on any atom is 0.131 e. The number of ether oxygens (including phenoxy) is 1. The minimum Gasteiger partial charge on any atom is -0.385 e. The van der Waals surface area contributed by atoms with Crippen molar-refractivity contribution in [3.05, 3.63) is 17.6 Å². The Morgan fingerprint density at radius 2 is 2.22 bits per heavy atom. The van der Waals surface area contributed by atoms with E-state index in [0.717, 1.165) is 44.1 Å². The van der Waals surface area contributed by atoms with Gasteiger partial charge >= 0.3 is 0 Å². The van der Waals surface area contributed by atoms with Crippen molar-refractivity contribution in [3.63, 3.8) is 0 Å². The fraction of sp³-hybridized carbons (Fsp3) is 0.714. The lowest BCUT2D eigenvalue weighted by Crippen LogP contribution is -2.07. The van der Waals surface area contributed by atoms with E-state index in [9.17, 15) is 0 Å². The number of nitrogens with zero attached hydrogens (tertiary/aromatic N) is 2. The Labute approximate surface area is 109 Å². The number of hydrogen-bond donors (Lipinski definition) is 1. The molecule has 1 aliphatic rings. The lowest BCUT2D eigenvalue weighted by atomic mass is 10.2. The van der Waals surface area contributed by atoms with Crippen LogP contribution in [-0.2, 0) is 11.2 Å². The van der Waals surface area contributed by atoms with Gasteiger partial charge in [-0.3, -0.25) is 0 Å². The number of aromatic nitrogens is 2. The summed E-state index contributed by atoms with van der Waals surface area (Å²) in [4.78, 5) is 9.24. The van der Waals surface area contributed by atoms with E-state index in [4.69, 9.17) is 4.74 Å². The molecule has 0 radical (unpaired) electrons. The van der Waals surface area contributed by atoms with Crippen molar-refractivity contribution < 1.29 is 4.74 Å². The van der Waals surface area contributed by atoms with Crippen LogP contribution in [0.4, 0.5) is 5.82 Å². The Kier molecular flexibility index (Phi) is 4.93. The third-order valence-electron chi connectivity index (χ3n) is 3.09. The molecule has 0 aliphatic heterocycles. The minimum atomic E-state index is 0.677. The van der Waals surface area contributed by atoms with Gasteiger partial charge in [-0.2, -0.15) is 0 Å². The van der Waals surface area contributed by atoms with Crippen molar-refractivity contribution in [1.82, 2.24) is 9.97 Å². The van der Waals surface area contributed by atoms with E-state index < -0.39 is 0 Å². The van der Waals surface area contributed by atoms with Crippen molar-refractivity contribution in [1.29, 1.82) is 0 Å². The Morgan fingerprint density at radius 3 is 2.89 bits per heavy atom. The van der Waals surface area contributed by atoms with Crippen molar-refractivity contribution >= 4 is 5.82 Å². The number of nitrogens with one attached hydrogen (secondary N) is 1. The molecule has 18 heavy (non-hydrogen) atoms. The van der Waals surface area contributed by atoms with Gasteiger partial charge in [0.2, 0.25) is 0 Å². The van der Waals surface area contributed by atoms with Gasteiger partial charge < -0.3 is 10.1 Å². The number of aryl methyl sites for hydroxylation is 1. The molecule has 4 nitrogen and oxygen atoms in total. The Morgan fingerprint density at radius 1 is 1.39 bits per heavy atom. The third kappa shape index (κ3) is 3.95. The van der Waals surface area contributed by atoms with Crippen LogP contribution in [0.5, 0.6) is 0 Å². The van der Waals surface area contributed by atoms with Gasteiger partial charge in [0.1, 0.15) is 11.6 Å². The molecule has 1 saturated carbocycles. The van der Waals surface area contributed by atoms with E-state index in [1.54, 1.807) is 7.11 Å². The second-order valence-electron chi connectivity index (χ2n) is 4.89. The molecule has 1 N–H and O–H groups in total. The largest absolute Gasteiger partial charge is 0.385 e. The average Bonchev–Trinajstić information content (AvgIpc) is 3.21. The molecule has 4 heteroatoms. The summed E-state index contributed by atoms with van der Waals surface area (Å²) in [7, 11) is 1.73. The zero-order valence-corrected chi connectivity index (χ0v) is 11.4. The summed E-state index contributed by atoms with van der Waals surface area (Å²) in [6.07, 6.45) is 5.55. The second-order valence-corrected chi connectivity index (χ2v) is 4.89. The van der Waals surface area contributed by atoms with Crippen LogP contribution in [0, 0.1) is 0 Å². The molecular formula is C14H23N3O. The van der Waals surface area contributed by atoms with Crippen LogP contribution >= 0.6 is 0 Å². The first-order valence-corrected chi connectivity index (χ1v) is 6.94. The van der Waals surface area contributed by atoms with Crippen LogP contribution in [0.25, 0.3) is 0 Å². The van der Waals surface area contributed by atoms with Gasteiger partial charge in [-0.15, -0.1) is 0 Å². The molecule has 1 fully saturated rings. The van der Waals surface area contributed by atoms with Gasteiger partial charge in [0.15, 0.2) is 0 Å². The standard InChI is InChI=1S/C14H23N3O/c1-3-8-15-14-10-12(11-6-7-11)16-13(17-14)5-4-9-18-2/h10-11H,3-9H2,1-2H3,(H,15,16,17). The SMILES string of the molecule is CCCNc1cc(C2CC2)nc(CCCOC)n1. The van der Waals surface area contributed by atoms with Gasteiger partial charge in [0.05, 0.1) is 0 Å². The highest BCUT2D eigenvalue weighted by Crippen LogP contribution is 2.39. The summed E-state index contributed by atoms with van der Waals surface area (Å²) in [5.74, 6) is 2.62. The van der Waals surface area contributed by atoms with Crippen LogP contribution in [-0.4, -0.2) is 30.2 Å². The first kappa shape index (κ1) is 13.3. The maximum atomic E-state index is 5.08. The Bertz CT molecular complexity index is 377. The fourth-order valence-electron chi connectivity index (χ4n) is 1.94. The molecule has 0 aromatic carbocycles.